The molecule has 1 unspecified atom stereocenters. The van der Waals surface area contributed by atoms with Gasteiger partial charge in [-0.2, -0.15) is 5.10 Å². The Kier molecular flexibility index (Phi) is 5.02. The van der Waals surface area contributed by atoms with Gasteiger partial charge in [0.2, 0.25) is 0 Å². The first-order chi connectivity index (χ1) is 9.28. The first-order valence-corrected chi connectivity index (χ1v) is 6.16. The Bertz CT molecular complexity index is 486. The van der Waals surface area contributed by atoms with Crippen LogP contribution < -0.4 is 5.73 Å². The van der Waals surface area contributed by atoms with Crippen molar-refractivity contribution in [3.05, 3.63) is 48.0 Å². The summed E-state index contributed by atoms with van der Waals surface area (Å²) in [4.78, 5) is 3.99. The maximum absolute atomic E-state index is 9.82. The molecule has 6 heteroatoms. The number of hydrogen-bond donors (Lipinski definition) is 2. The first-order valence-electron chi connectivity index (χ1n) is 6.16. The van der Waals surface area contributed by atoms with E-state index in [0.29, 0.717) is 25.5 Å². The van der Waals surface area contributed by atoms with E-state index in [1.807, 2.05) is 30.3 Å². The second-order valence-electron chi connectivity index (χ2n) is 4.24. The molecule has 2 aromatic rings. The number of nitrogens with zero attached hydrogens (tertiary/aromatic N) is 3. The number of ether oxygens (including phenoxy) is 1. The second-order valence-corrected chi connectivity index (χ2v) is 4.24. The molecule has 1 atom stereocenters. The topological polar surface area (TPSA) is 86.2 Å². The van der Waals surface area contributed by atoms with Crippen molar-refractivity contribution < 1.29 is 9.84 Å². The fourth-order valence-electron chi connectivity index (χ4n) is 1.67. The molecule has 2 rings (SSSR count). The zero-order valence-electron chi connectivity index (χ0n) is 10.6. The highest BCUT2D eigenvalue weighted by molar-refractivity contribution is 5.13. The van der Waals surface area contributed by atoms with Gasteiger partial charge in [-0.05, 0) is 5.56 Å². The summed E-state index contributed by atoms with van der Waals surface area (Å²) in [5.41, 5.74) is 6.50. The molecule has 19 heavy (non-hydrogen) atoms. The molecule has 0 aliphatic rings. The number of rotatable bonds is 7. The van der Waals surface area contributed by atoms with Crippen LogP contribution >= 0.6 is 0 Å². The minimum atomic E-state index is -0.615. The summed E-state index contributed by atoms with van der Waals surface area (Å²) in [5, 5.41) is 13.9. The zero-order valence-corrected chi connectivity index (χ0v) is 10.6. The summed E-state index contributed by atoms with van der Waals surface area (Å²) in [6.07, 6.45) is 0.943. The Hall–Kier alpha value is -1.76. The van der Waals surface area contributed by atoms with Crippen LogP contribution in [0, 0.1) is 0 Å². The zero-order chi connectivity index (χ0) is 13.5. The van der Waals surface area contributed by atoms with Crippen LogP contribution in [-0.2, 0) is 24.4 Å². The quantitative estimate of drug-likeness (QED) is 0.750. The molecule has 6 nitrogen and oxygen atoms in total. The molecule has 0 bridgehead atoms. The van der Waals surface area contributed by atoms with Gasteiger partial charge in [0.1, 0.15) is 6.33 Å². The van der Waals surface area contributed by atoms with Gasteiger partial charge in [-0.1, -0.05) is 30.3 Å². The average molecular weight is 262 g/mol. The van der Waals surface area contributed by atoms with Gasteiger partial charge in [0.25, 0.3) is 0 Å². The molecule has 1 aromatic carbocycles. The molecule has 1 aromatic heterocycles. The lowest BCUT2D eigenvalue weighted by Crippen LogP contribution is -2.22. The summed E-state index contributed by atoms with van der Waals surface area (Å²) < 4.78 is 7.02. The van der Waals surface area contributed by atoms with E-state index in [-0.39, 0.29) is 6.61 Å². The number of aliphatic hydroxyl groups excluding tert-OH is 1. The Morgan fingerprint density at radius 2 is 2.11 bits per heavy atom. The van der Waals surface area contributed by atoms with Crippen molar-refractivity contribution in [3.63, 3.8) is 0 Å². The average Bonchev–Trinajstić information content (AvgIpc) is 2.87. The van der Waals surface area contributed by atoms with E-state index in [2.05, 4.69) is 10.1 Å². The third kappa shape index (κ3) is 4.44. The minimum Gasteiger partial charge on any atom is -0.389 e. The van der Waals surface area contributed by atoms with Gasteiger partial charge in [0.15, 0.2) is 5.82 Å². The van der Waals surface area contributed by atoms with Crippen molar-refractivity contribution in [1.82, 2.24) is 14.8 Å². The standard InChI is InChI=1S/C13H18N4O2/c14-6-13-15-10-17(16-13)7-12(18)9-19-8-11-4-2-1-3-5-11/h1-5,10,12,18H,6-9,14H2. The van der Waals surface area contributed by atoms with Crippen molar-refractivity contribution in [2.45, 2.75) is 25.8 Å². The number of hydrogen-bond acceptors (Lipinski definition) is 5. The fraction of sp³-hybridized carbons (Fsp3) is 0.385. The van der Waals surface area contributed by atoms with Gasteiger partial charge in [0.05, 0.1) is 32.4 Å². The first kappa shape index (κ1) is 13.7. The van der Waals surface area contributed by atoms with Crippen molar-refractivity contribution in [2.24, 2.45) is 5.73 Å². The Labute approximate surface area is 111 Å². The van der Waals surface area contributed by atoms with Crippen LogP contribution in [0.2, 0.25) is 0 Å². The number of benzene rings is 1. The largest absolute Gasteiger partial charge is 0.389 e. The fourth-order valence-corrected chi connectivity index (χ4v) is 1.67. The van der Waals surface area contributed by atoms with Gasteiger partial charge < -0.3 is 15.6 Å². The Morgan fingerprint density at radius 3 is 2.79 bits per heavy atom. The lowest BCUT2D eigenvalue weighted by atomic mass is 10.2. The highest BCUT2D eigenvalue weighted by Crippen LogP contribution is 2.01. The van der Waals surface area contributed by atoms with Gasteiger partial charge in [0, 0.05) is 0 Å². The third-order valence-corrected chi connectivity index (χ3v) is 2.59. The molecule has 1 heterocycles. The lowest BCUT2D eigenvalue weighted by molar-refractivity contribution is 0.0186. The predicted octanol–water partition coefficient (Wildman–Crippen LogP) is 0.314. The molecule has 3 N–H and O–H groups in total. The monoisotopic (exact) mass is 262 g/mol. The second kappa shape index (κ2) is 6.98. The van der Waals surface area contributed by atoms with Crippen LogP contribution in [0.4, 0.5) is 0 Å². The van der Waals surface area contributed by atoms with E-state index in [4.69, 9.17) is 10.5 Å². The van der Waals surface area contributed by atoms with Crippen molar-refractivity contribution in [2.75, 3.05) is 6.61 Å². The lowest BCUT2D eigenvalue weighted by Gasteiger charge is -2.11. The van der Waals surface area contributed by atoms with Crippen LogP contribution in [0.5, 0.6) is 0 Å². The molecule has 0 aliphatic heterocycles. The van der Waals surface area contributed by atoms with E-state index in [1.54, 1.807) is 11.0 Å². The smallest absolute Gasteiger partial charge is 0.164 e. The molecule has 0 fully saturated rings. The van der Waals surface area contributed by atoms with Crippen molar-refractivity contribution >= 4 is 0 Å². The van der Waals surface area contributed by atoms with Gasteiger partial charge >= 0.3 is 0 Å². The van der Waals surface area contributed by atoms with Crippen LogP contribution in [0.1, 0.15) is 11.4 Å². The van der Waals surface area contributed by atoms with E-state index >= 15 is 0 Å². The summed E-state index contributed by atoms with van der Waals surface area (Å²) in [6.45, 7) is 1.39. The number of aromatic nitrogens is 3. The molecule has 102 valence electrons. The highest BCUT2D eigenvalue weighted by atomic mass is 16.5. The van der Waals surface area contributed by atoms with Crippen LogP contribution in [0.25, 0.3) is 0 Å². The van der Waals surface area contributed by atoms with Gasteiger partial charge in [-0.3, -0.25) is 0 Å². The summed E-state index contributed by atoms with van der Waals surface area (Å²) >= 11 is 0. The third-order valence-electron chi connectivity index (χ3n) is 2.59. The molecule has 0 amide bonds. The highest BCUT2D eigenvalue weighted by Gasteiger charge is 2.07. The Balaban J connectivity index is 1.71. The number of aliphatic hydroxyl groups is 1. The van der Waals surface area contributed by atoms with E-state index in [1.165, 1.54) is 0 Å². The number of nitrogens with two attached hydrogens (primary N) is 1. The van der Waals surface area contributed by atoms with E-state index in [0.717, 1.165) is 5.56 Å². The molecular formula is C13H18N4O2. The maximum Gasteiger partial charge on any atom is 0.164 e. The van der Waals surface area contributed by atoms with Gasteiger partial charge in [-0.15, -0.1) is 0 Å². The molecule has 0 spiro atoms. The summed E-state index contributed by atoms with van der Waals surface area (Å²) in [5.74, 6) is 0.567. The van der Waals surface area contributed by atoms with E-state index in [9.17, 15) is 5.11 Å². The maximum atomic E-state index is 9.82. The molecular weight excluding hydrogens is 244 g/mol. The summed E-state index contributed by atoms with van der Waals surface area (Å²) in [6, 6.07) is 9.84. The van der Waals surface area contributed by atoms with Crippen LogP contribution in [0.15, 0.2) is 36.7 Å². The van der Waals surface area contributed by atoms with E-state index < -0.39 is 6.10 Å². The van der Waals surface area contributed by atoms with Crippen molar-refractivity contribution in [3.8, 4) is 0 Å². The Morgan fingerprint density at radius 1 is 1.32 bits per heavy atom. The van der Waals surface area contributed by atoms with Crippen molar-refractivity contribution in [1.29, 1.82) is 0 Å². The molecule has 0 saturated heterocycles. The molecule has 0 saturated carbocycles. The molecule has 0 radical (unpaired) electrons. The normalized spacial score (nSPS) is 12.5. The summed E-state index contributed by atoms with van der Waals surface area (Å²) in [7, 11) is 0. The van der Waals surface area contributed by atoms with Crippen LogP contribution in [0.3, 0.4) is 0 Å². The van der Waals surface area contributed by atoms with Gasteiger partial charge in [-0.25, -0.2) is 9.67 Å². The SMILES string of the molecule is NCc1ncn(CC(O)COCc2ccccc2)n1. The molecule has 0 aliphatic carbocycles. The van der Waals surface area contributed by atoms with Crippen LogP contribution in [-0.4, -0.2) is 32.6 Å². The predicted molar refractivity (Wildman–Crippen MR) is 70.0 cm³/mol. The minimum absolute atomic E-state index is 0.257.